The molecule has 0 N–H and O–H groups in total. The summed E-state index contributed by atoms with van der Waals surface area (Å²) in [7, 11) is 0. The van der Waals surface area contributed by atoms with E-state index in [0.717, 1.165) is 11.5 Å². The van der Waals surface area contributed by atoms with Gasteiger partial charge in [0.25, 0.3) is 0 Å². The SMILES string of the molecule is Cc1ccc(-c2ccc3ccccc3c2)c2cc3c(cc12)OCO3. The minimum absolute atomic E-state index is 0.302. The van der Waals surface area contributed by atoms with E-state index in [1.165, 1.54) is 38.2 Å². The van der Waals surface area contributed by atoms with Crippen LogP contribution in [0.2, 0.25) is 0 Å². The van der Waals surface area contributed by atoms with Gasteiger partial charge in [0.15, 0.2) is 11.5 Å². The van der Waals surface area contributed by atoms with Gasteiger partial charge >= 0.3 is 0 Å². The predicted molar refractivity (Wildman–Crippen MR) is 97.8 cm³/mol. The summed E-state index contributed by atoms with van der Waals surface area (Å²) in [5.41, 5.74) is 3.69. The zero-order valence-electron chi connectivity index (χ0n) is 13.4. The molecule has 0 fully saturated rings. The molecular formula is C22H16O2. The molecule has 0 aromatic heterocycles. The first-order valence-corrected chi connectivity index (χ1v) is 8.12. The van der Waals surface area contributed by atoms with Crippen molar-refractivity contribution in [3.05, 3.63) is 72.3 Å². The summed E-state index contributed by atoms with van der Waals surface area (Å²) in [5, 5.41) is 4.93. The Morgan fingerprint density at radius 2 is 1.46 bits per heavy atom. The van der Waals surface area contributed by atoms with E-state index in [2.05, 4.69) is 73.7 Å². The minimum Gasteiger partial charge on any atom is -0.454 e. The smallest absolute Gasteiger partial charge is 0.231 e. The van der Waals surface area contributed by atoms with Crippen LogP contribution in [0.15, 0.2) is 66.7 Å². The zero-order chi connectivity index (χ0) is 16.1. The first-order chi connectivity index (χ1) is 11.8. The Kier molecular flexibility index (Phi) is 2.80. The third-order valence-electron chi connectivity index (χ3n) is 4.79. The van der Waals surface area contributed by atoms with Crippen molar-refractivity contribution in [1.29, 1.82) is 0 Å². The third kappa shape index (κ3) is 1.96. The number of aryl methyl sites for hydroxylation is 1. The van der Waals surface area contributed by atoms with Gasteiger partial charge in [0.1, 0.15) is 0 Å². The zero-order valence-corrected chi connectivity index (χ0v) is 13.4. The van der Waals surface area contributed by atoms with Crippen LogP contribution in [0.3, 0.4) is 0 Å². The van der Waals surface area contributed by atoms with Crippen molar-refractivity contribution in [3.8, 4) is 22.6 Å². The molecule has 5 rings (SSSR count). The topological polar surface area (TPSA) is 18.5 Å². The van der Waals surface area contributed by atoms with Gasteiger partial charge in [0.05, 0.1) is 0 Å². The molecule has 0 spiro atoms. The van der Waals surface area contributed by atoms with Gasteiger partial charge in [-0.3, -0.25) is 0 Å². The molecule has 0 unspecified atom stereocenters. The van der Waals surface area contributed by atoms with E-state index in [9.17, 15) is 0 Å². The molecule has 1 aliphatic rings. The Bertz CT molecular complexity index is 1100. The second-order valence-electron chi connectivity index (χ2n) is 6.24. The van der Waals surface area contributed by atoms with Crippen molar-refractivity contribution in [2.45, 2.75) is 6.92 Å². The van der Waals surface area contributed by atoms with Crippen molar-refractivity contribution in [2.75, 3.05) is 6.79 Å². The van der Waals surface area contributed by atoms with Crippen LogP contribution in [0.5, 0.6) is 11.5 Å². The molecule has 0 atom stereocenters. The van der Waals surface area contributed by atoms with E-state index in [-0.39, 0.29) is 0 Å². The second-order valence-corrected chi connectivity index (χ2v) is 6.24. The lowest BCUT2D eigenvalue weighted by Gasteiger charge is -2.11. The molecule has 0 amide bonds. The van der Waals surface area contributed by atoms with Crippen LogP contribution in [0.4, 0.5) is 0 Å². The summed E-state index contributed by atoms with van der Waals surface area (Å²) in [5.74, 6) is 1.66. The standard InChI is InChI=1S/C22H16O2/c1-14-6-9-18(17-8-7-15-4-2-3-5-16(15)10-17)20-12-22-21(11-19(14)20)23-13-24-22/h2-12H,13H2,1H3. The lowest BCUT2D eigenvalue weighted by Crippen LogP contribution is -1.92. The number of ether oxygens (including phenoxy) is 2. The number of benzene rings is 4. The maximum atomic E-state index is 5.59. The van der Waals surface area contributed by atoms with Gasteiger partial charge in [-0.25, -0.2) is 0 Å². The average Bonchev–Trinajstić information content (AvgIpc) is 3.08. The third-order valence-corrected chi connectivity index (χ3v) is 4.79. The summed E-state index contributed by atoms with van der Waals surface area (Å²) in [6.45, 7) is 2.44. The molecule has 0 aliphatic carbocycles. The van der Waals surface area contributed by atoms with Gasteiger partial charge in [-0.15, -0.1) is 0 Å². The van der Waals surface area contributed by atoms with Crippen molar-refractivity contribution >= 4 is 21.5 Å². The molecule has 0 bridgehead atoms. The number of hydrogen-bond donors (Lipinski definition) is 0. The quantitative estimate of drug-likeness (QED) is 0.449. The van der Waals surface area contributed by atoms with Crippen LogP contribution in [0.1, 0.15) is 5.56 Å². The fourth-order valence-corrected chi connectivity index (χ4v) is 3.49. The second kappa shape index (κ2) is 5.00. The van der Waals surface area contributed by atoms with Crippen molar-refractivity contribution < 1.29 is 9.47 Å². The average molecular weight is 312 g/mol. The van der Waals surface area contributed by atoms with Gasteiger partial charge < -0.3 is 9.47 Å². The highest BCUT2D eigenvalue weighted by molar-refractivity contribution is 6.02. The fraction of sp³-hybridized carbons (Fsp3) is 0.0909. The predicted octanol–water partition coefficient (Wildman–Crippen LogP) is 5.70. The van der Waals surface area contributed by atoms with Crippen LogP contribution in [-0.2, 0) is 0 Å². The minimum atomic E-state index is 0.302. The van der Waals surface area contributed by atoms with Crippen molar-refractivity contribution in [2.24, 2.45) is 0 Å². The highest BCUT2D eigenvalue weighted by Crippen LogP contribution is 2.41. The Hall–Kier alpha value is -3.00. The molecule has 116 valence electrons. The van der Waals surface area contributed by atoms with Gasteiger partial charge in [-0.1, -0.05) is 48.5 Å². The molecule has 0 radical (unpaired) electrons. The first kappa shape index (κ1) is 13.4. The molecule has 0 saturated carbocycles. The molecule has 2 heteroatoms. The molecule has 24 heavy (non-hydrogen) atoms. The van der Waals surface area contributed by atoms with E-state index in [1.807, 2.05) is 0 Å². The monoisotopic (exact) mass is 312 g/mol. The summed E-state index contributed by atoms with van der Waals surface area (Å²) < 4.78 is 11.1. The van der Waals surface area contributed by atoms with E-state index in [1.54, 1.807) is 0 Å². The Morgan fingerprint density at radius 3 is 2.29 bits per heavy atom. The molecule has 1 aliphatic heterocycles. The highest BCUT2D eigenvalue weighted by Gasteiger charge is 2.17. The molecule has 2 nitrogen and oxygen atoms in total. The molecular weight excluding hydrogens is 296 g/mol. The van der Waals surface area contributed by atoms with E-state index in [4.69, 9.17) is 9.47 Å². The van der Waals surface area contributed by atoms with Crippen LogP contribution in [0, 0.1) is 6.92 Å². The lowest BCUT2D eigenvalue weighted by atomic mass is 9.94. The first-order valence-electron chi connectivity index (χ1n) is 8.12. The van der Waals surface area contributed by atoms with Crippen LogP contribution in [-0.4, -0.2) is 6.79 Å². The number of rotatable bonds is 1. The fourth-order valence-electron chi connectivity index (χ4n) is 3.49. The van der Waals surface area contributed by atoms with Gasteiger partial charge in [-0.2, -0.15) is 0 Å². The summed E-state index contributed by atoms with van der Waals surface area (Å²) in [6, 6.07) is 23.7. The summed E-state index contributed by atoms with van der Waals surface area (Å²) >= 11 is 0. The Morgan fingerprint density at radius 1 is 0.708 bits per heavy atom. The van der Waals surface area contributed by atoms with Crippen molar-refractivity contribution in [3.63, 3.8) is 0 Å². The summed E-state index contributed by atoms with van der Waals surface area (Å²) in [6.07, 6.45) is 0. The maximum absolute atomic E-state index is 5.59. The van der Waals surface area contributed by atoms with E-state index < -0.39 is 0 Å². The van der Waals surface area contributed by atoms with Gasteiger partial charge in [0, 0.05) is 0 Å². The van der Waals surface area contributed by atoms with Gasteiger partial charge in [0.2, 0.25) is 6.79 Å². The molecule has 1 heterocycles. The normalized spacial score (nSPS) is 12.9. The van der Waals surface area contributed by atoms with E-state index >= 15 is 0 Å². The lowest BCUT2D eigenvalue weighted by molar-refractivity contribution is 0.174. The largest absolute Gasteiger partial charge is 0.454 e. The Balaban J connectivity index is 1.80. The van der Waals surface area contributed by atoms with E-state index in [0.29, 0.717) is 6.79 Å². The van der Waals surface area contributed by atoms with Crippen molar-refractivity contribution in [1.82, 2.24) is 0 Å². The van der Waals surface area contributed by atoms with Crippen LogP contribution in [0.25, 0.3) is 32.7 Å². The number of fused-ring (bicyclic) bond motifs is 3. The Labute approximate surface area is 140 Å². The molecule has 4 aromatic carbocycles. The molecule has 4 aromatic rings. The van der Waals surface area contributed by atoms with Gasteiger partial charge in [-0.05, 0) is 63.4 Å². The number of hydrogen-bond acceptors (Lipinski definition) is 2. The van der Waals surface area contributed by atoms with Crippen LogP contribution >= 0.6 is 0 Å². The van der Waals surface area contributed by atoms with Crippen LogP contribution < -0.4 is 9.47 Å². The highest BCUT2D eigenvalue weighted by atomic mass is 16.7. The summed E-state index contributed by atoms with van der Waals surface area (Å²) in [4.78, 5) is 0. The maximum Gasteiger partial charge on any atom is 0.231 e. The molecule has 0 saturated heterocycles.